The molecule has 0 bridgehead atoms. The Morgan fingerprint density at radius 1 is 1.19 bits per heavy atom. The maximum Gasteiger partial charge on any atom is 0.0674 e. The van der Waals surface area contributed by atoms with Gasteiger partial charge in [-0.25, -0.2) is 0 Å². The van der Waals surface area contributed by atoms with Crippen molar-refractivity contribution in [3.8, 4) is 0 Å². The highest BCUT2D eigenvalue weighted by atomic mass is 16.5. The number of nitrogens with zero attached hydrogens (tertiary/aromatic N) is 1. The van der Waals surface area contributed by atoms with E-state index in [9.17, 15) is 0 Å². The number of hydrogen-bond acceptors (Lipinski definition) is 3. The molecule has 0 amide bonds. The van der Waals surface area contributed by atoms with E-state index in [2.05, 4.69) is 31.1 Å². The summed E-state index contributed by atoms with van der Waals surface area (Å²) in [4.78, 5) is 2.68. The van der Waals surface area contributed by atoms with Crippen LogP contribution in [0.2, 0.25) is 0 Å². The molecule has 4 atom stereocenters. The van der Waals surface area contributed by atoms with Crippen LogP contribution >= 0.6 is 0 Å². The van der Waals surface area contributed by atoms with Crippen LogP contribution in [0.3, 0.4) is 0 Å². The number of nitrogens with one attached hydrogen (secondary N) is 1. The van der Waals surface area contributed by atoms with E-state index in [1.165, 1.54) is 25.7 Å². The second-order valence-electron chi connectivity index (χ2n) is 5.44. The first-order valence-electron chi connectivity index (χ1n) is 6.77. The van der Waals surface area contributed by atoms with Gasteiger partial charge in [0.15, 0.2) is 0 Å². The Morgan fingerprint density at radius 3 is 2.69 bits per heavy atom. The fourth-order valence-corrected chi connectivity index (χ4v) is 3.24. The van der Waals surface area contributed by atoms with Crippen LogP contribution in [-0.2, 0) is 4.74 Å². The van der Waals surface area contributed by atoms with E-state index < -0.39 is 0 Å². The highest BCUT2D eigenvalue weighted by Gasteiger charge is 2.34. The summed E-state index contributed by atoms with van der Waals surface area (Å²) in [6.45, 7) is 6.49. The molecule has 1 aliphatic carbocycles. The zero-order chi connectivity index (χ0) is 11.5. The highest BCUT2D eigenvalue weighted by molar-refractivity contribution is 4.91. The van der Waals surface area contributed by atoms with Gasteiger partial charge in [0.25, 0.3) is 0 Å². The maximum absolute atomic E-state index is 5.72. The van der Waals surface area contributed by atoms with Gasteiger partial charge in [0, 0.05) is 24.7 Å². The molecule has 1 saturated carbocycles. The number of ether oxygens (including phenoxy) is 1. The van der Waals surface area contributed by atoms with E-state index >= 15 is 0 Å². The van der Waals surface area contributed by atoms with Crippen molar-refractivity contribution >= 4 is 0 Å². The first-order chi connectivity index (χ1) is 7.72. The molecule has 1 N–H and O–H groups in total. The fraction of sp³-hybridized carbons (Fsp3) is 1.00. The molecular formula is C13H26N2O. The zero-order valence-electron chi connectivity index (χ0n) is 10.9. The quantitative estimate of drug-likeness (QED) is 0.774. The van der Waals surface area contributed by atoms with Crippen LogP contribution < -0.4 is 5.32 Å². The topological polar surface area (TPSA) is 24.5 Å². The van der Waals surface area contributed by atoms with Crippen molar-refractivity contribution in [1.82, 2.24) is 10.2 Å². The van der Waals surface area contributed by atoms with E-state index in [4.69, 9.17) is 4.74 Å². The molecule has 1 saturated heterocycles. The third kappa shape index (κ3) is 2.58. The molecule has 1 aliphatic heterocycles. The van der Waals surface area contributed by atoms with E-state index in [-0.39, 0.29) is 0 Å². The first kappa shape index (κ1) is 12.3. The molecule has 2 aliphatic rings. The van der Waals surface area contributed by atoms with Crippen molar-refractivity contribution in [2.75, 3.05) is 20.2 Å². The third-order valence-electron chi connectivity index (χ3n) is 4.18. The number of likely N-dealkylation sites (N-methyl/N-ethyl adjacent to an activating group) is 1. The Kier molecular flexibility index (Phi) is 4.22. The monoisotopic (exact) mass is 226 g/mol. The normalized spacial score (nSPS) is 42.2. The molecule has 4 unspecified atom stereocenters. The molecule has 3 nitrogen and oxygen atoms in total. The molecule has 3 heteroatoms. The van der Waals surface area contributed by atoms with Gasteiger partial charge >= 0.3 is 0 Å². The molecule has 16 heavy (non-hydrogen) atoms. The number of hydrogen-bond donors (Lipinski definition) is 1. The van der Waals surface area contributed by atoms with Crippen LogP contribution in [0.5, 0.6) is 0 Å². The average molecular weight is 226 g/mol. The van der Waals surface area contributed by atoms with Crippen LogP contribution in [-0.4, -0.2) is 49.3 Å². The summed E-state index contributed by atoms with van der Waals surface area (Å²) in [5.41, 5.74) is 0. The minimum absolute atomic E-state index is 0.399. The molecule has 94 valence electrons. The first-order valence-corrected chi connectivity index (χ1v) is 6.77. The maximum atomic E-state index is 5.72. The van der Waals surface area contributed by atoms with Gasteiger partial charge in [-0.2, -0.15) is 0 Å². The predicted molar refractivity (Wildman–Crippen MR) is 66.7 cm³/mol. The van der Waals surface area contributed by atoms with Crippen LogP contribution in [0, 0.1) is 0 Å². The standard InChI is InChI=1S/C13H26N2O/c1-10-9-16-11(2)8-15(10)13-7-5-4-6-12(13)14-3/h10-14H,4-9H2,1-3H3. The molecule has 0 spiro atoms. The van der Waals surface area contributed by atoms with Crippen LogP contribution in [0.25, 0.3) is 0 Å². The van der Waals surface area contributed by atoms with Crippen molar-refractivity contribution in [3.63, 3.8) is 0 Å². The molecule has 0 aromatic rings. The van der Waals surface area contributed by atoms with Crippen LogP contribution in [0.15, 0.2) is 0 Å². The Labute approximate surface area is 99.5 Å². The molecule has 0 aromatic heterocycles. The van der Waals surface area contributed by atoms with Gasteiger partial charge in [0.1, 0.15) is 0 Å². The minimum Gasteiger partial charge on any atom is -0.376 e. The van der Waals surface area contributed by atoms with E-state index in [1.54, 1.807) is 0 Å². The lowest BCUT2D eigenvalue weighted by Gasteiger charge is -2.46. The SMILES string of the molecule is CNC1CCCCC1N1CC(C)OCC1C. The Bertz CT molecular complexity index is 222. The van der Waals surface area contributed by atoms with Gasteiger partial charge in [0.05, 0.1) is 12.7 Å². The molecule has 2 rings (SSSR count). The van der Waals surface area contributed by atoms with E-state index in [1.807, 2.05) is 0 Å². The van der Waals surface area contributed by atoms with Gasteiger partial charge < -0.3 is 10.1 Å². The van der Waals surface area contributed by atoms with Gasteiger partial charge in [-0.1, -0.05) is 12.8 Å². The predicted octanol–water partition coefficient (Wildman–Crippen LogP) is 1.63. The molecular weight excluding hydrogens is 200 g/mol. The van der Waals surface area contributed by atoms with E-state index in [0.717, 1.165) is 19.2 Å². The van der Waals surface area contributed by atoms with Gasteiger partial charge in [-0.3, -0.25) is 4.90 Å². The van der Waals surface area contributed by atoms with E-state index in [0.29, 0.717) is 18.2 Å². The van der Waals surface area contributed by atoms with Crippen molar-refractivity contribution in [2.45, 2.75) is 63.8 Å². The molecule has 0 aromatic carbocycles. The Balaban J connectivity index is 2.02. The van der Waals surface area contributed by atoms with Crippen LogP contribution in [0.1, 0.15) is 39.5 Å². The average Bonchev–Trinajstić information content (AvgIpc) is 2.32. The summed E-state index contributed by atoms with van der Waals surface area (Å²) in [6.07, 6.45) is 5.86. The summed E-state index contributed by atoms with van der Waals surface area (Å²) >= 11 is 0. The molecule has 2 fully saturated rings. The number of morpholine rings is 1. The Hall–Kier alpha value is -0.120. The summed E-state index contributed by atoms with van der Waals surface area (Å²) in [5, 5.41) is 3.50. The Morgan fingerprint density at radius 2 is 1.94 bits per heavy atom. The highest BCUT2D eigenvalue weighted by Crippen LogP contribution is 2.26. The van der Waals surface area contributed by atoms with Crippen molar-refractivity contribution in [1.29, 1.82) is 0 Å². The fourth-order valence-electron chi connectivity index (χ4n) is 3.24. The third-order valence-corrected chi connectivity index (χ3v) is 4.18. The summed E-state index contributed by atoms with van der Waals surface area (Å²) in [5.74, 6) is 0. The second kappa shape index (κ2) is 5.48. The minimum atomic E-state index is 0.399. The number of rotatable bonds is 2. The lowest BCUT2D eigenvalue weighted by molar-refractivity contribution is -0.0758. The van der Waals surface area contributed by atoms with Gasteiger partial charge in [0.2, 0.25) is 0 Å². The summed E-state index contributed by atoms with van der Waals surface area (Å²) in [6, 6.07) is 1.98. The summed E-state index contributed by atoms with van der Waals surface area (Å²) < 4.78 is 5.72. The van der Waals surface area contributed by atoms with Crippen molar-refractivity contribution < 1.29 is 4.74 Å². The second-order valence-corrected chi connectivity index (χ2v) is 5.44. The van der Waals surface area contributed by atoms with Crippen molar-refractivity contribution in [2.24, 2.45) is 0 Å². The largest absolute Gasteiger partial charge is 0.376 e. The molecule has 0 radical (unpaired) electrons. The smallest absolute Gasteiger partial charge is 0.0674 e. The molecule has 1 heterocycles. The zero-order valence-corrected chi connectivity index (χ0v) is 10.9. The van der Waals surface area contributed by atoms with Gasteiger partial charge in [-0.05, 0) is 33.7 Å². The lowest BCUT2D eigenvalue weighted by Crippen LogP contribution is -2.58. The van der Waals surface area contributed by atoms with Gasteiger partial charge in [-0.15, -0.1) is 0 Å². The van der Waals surface area contributed by atoms with Crippen molar-refractivity contribution in [3.05, 3.63) is 0 Å². The summed E-state index contributed by atoms with van der Waals surface area (Å²) in [7, 11) is 2.11. The lowest BCUT2D eigenvalue weighted by atomic mass is 9.88. The van der Waals surface area contributed by atoms with Crippen LogP contribution in [0.4, 0.5) is 0 Å².